The van der Waals surface area contributed by atoms with E-state index in [1.54, 1.807) is 0 Å². The van der Waals surface area contributed by atoms with Gasteiger partial charge in [0.15, 0.2) is 0 Å². The fourth-order valence-electron chi connectivity index (χ4n) is 0.970. The third-order valence-corrected chi connectivity index (χ3v) is 1.63. The lowest BCUT2D eigenvalue weighted by molar-refractivity contribution is -0.385. The summed E-state index contributed by atoms with van der Waals surface area (Å²) in [5.74, 6) is -1.08. The highest BCUT2D eigenvalue weighted by atomic mass is 35.5. The minimum Gasteiger partial charge on any atom is -0.497 e. The Labute approximate surface area is 91.0 Å². The van der Waals surface area contributed by atoms with E-state index in [4.69, 9.17) is 9.84 Å². The van der Waals surface area contributed by atoms with E-state index in [1.165, 1.54) is 13.2 Å². The van der Waals surface area contributed by atoms with Gasteiger partial charge in [0.2, 0.25) is 0 Å². The molecule has 1 N–H and O–H groups in total. The molecule has 6 nitrogen and oxygen atoms in total. The molecule has 7 heteroatoms. The molecule has 0 spiro atoms. The van der Waals surface area contributed by atoms with Gasteiger partial charge in [-0.3, -0.25) is 10.1 Å². The number of methoxy groups -OCH3 is 1. The first kappa shape index (κ1) is 13.2. The molecule has 0 unspecified atom stereocenters. The summed E-state index contributed by atoms with van der Waals surface area (Å²) in [7, 11) is 1.35. The predicted molar refractivity (Wildman–Crippen MR) is 53.9 cm³/mol. The van der Waals surface area contributed by atoms with E-state index < -0.39 is 16.6 Å². The van der Waals surface area contributed by atoms with Crippen molar-refractivity contribution in [2.75, 3.05) is 7.11 Å². The van der Waals surface area contributed by atoms with Crippen molar-refractivity contribution >= 4 is 24.1 Å². The van der Waals surface area contributed by atoms with Crippen molar-refractivity contribution in [3.05, 3.63) is 33.9 Å². The van der Waals surface area contributed by atoms with E-state index in [0.29, 0.717) is 0 Å². The van der Waals surface area contributed by atoms with Crippen LogP contribution >= 0.6 is 12.4 Å². The summed E-state index contributed by atoms with van der Waals surface area (Å²) in [6, 6.07) is 3.57. The molecule has 1 aromatic rings. The number of hydrogen-bond acceptors (Lipinski definition) is 4. The van der Waals surface area contributed by atoms with Crippen molar-refractivity contribution in [2.24, 2.45) is 0 Å². The number of nitrogens with zero attached hydrogens (tertiary/aromatic N) is 1. The fourth-order valence-corrected chi connectivity index (χ4v) is 0.970. The zero-order valence-electron chi connectivity index (χ0n) is 7.67. The molecule has 0 bridgehead atoms. The van der Waals surface area contributed by atoms with Crippen LogP contribution in [-0.4, -0.2) is 23.1 Å². The van der Waals surface area contributed by atoms with Crippen molar-refractivity contribution in [1.82, 2.24) is 0 Å². The quantitative estimate of drug-likeness (QED) is 0.634. The van der Waals surface area contributed by atoms with Gasteiger partial charge in [-0.1, -0.05) is 0 Å². The molecule has 1 aromatic carbocycles. The summed E-state index contributed by atoms with van der Waals surface area (Å²) >= 11 is 0. The van der Waals surface area contributed by atoms with Gasteiger partial charge in [-0.15, -0.1) is 12.4 Å². The molecule has 1 rings (SSSR count). The van der Waals surface area contributed by atoms with Crippen LogP contribution in [0.25, 0.3) is 0 Å². The molecule has 0 aliphatic heterocycles. The number of hydrogen-bond donors (Lipinski definition) is 1. The van der Waals surface area contributed by atoms with Crippen LogP contribution in [0.2, 0.25) is 0 Å². The lowest BCUT2D eigenvalue weighted by Gasteiger charge is -2.01. The zero-order valence-corrected chi connectivity index (χ0v) is 8.48. The standard InChI is InChI=1S/C8H7NO5.ClH/c1-14-5-2-3-6(8(10)11)7(4-5)9(12)13;/h2-4H,1H3,(H,10,11);1H. The summed E-state index contributed by atoms with van der Waals surface area (Å²) in [6.45, 7) is 0. The first-order valence-corrected chi connectivity index (χ1v) is 3.62. The van der Waals surface area contributed by atoms with Gasteiger partial charge in [0.05, 0.1) is 18.1 Å². The fraction of sp³-hybridized carbons (Fsp3) is 0.125. The van der Waals surface area contributed by atoms with Crippen LogP contribution in [0.1, 0.15) is 10.4 Å². The van der Waals surface area contributed by atoms with Gasteiger partial charge in [0.25, 0.3) is 5.69 Å². The molecule has 0 aromatic heterocycles. The molecule has 0 saturated heterocycles. The number of nitro benzene ring substituents is 1. The highest BCUT2D eigenvalue weighted by Gasteiger charge is 2.20. The van der Waals surface area contributed by atoms with Crippen LogP contribution in [0.3, 0.4) is 0 Å². The number of halogens is 1. The molecule has 0 aliphatic rings. The number of benzene rings is 1. The van der Waals surface area contributed by atoms with Gasteiger partial charge >= 0.3 is 5.97 Å². The van der Waals surface area contributed by atoms with Crippen LogP contribution < -0.4 is 4.74 Å². The van der Waals surface area contributed by atoms with Crippen molar-refractivity contribution in [3.8, 4) is 5.75 Å². The molecule has 0 amide bonds. The van der Waals surface area contributed by atoms with Crippen LogP contribution in [0.5, 0.6) is 5.75 Å². The van der Waals surface area contributed by atoms with Crippen molar-refractivity contribution in [2.45, 2.75) is 0 Å². The SMILES string of the molecule is COc1ccc(C(=O)O)c([N+](=O)[O-])c1.Cl. The monoisotopic (exact) mass is 233 g/mol. The molecule has 0 saturated carbocycles. The molecule has 0 radical (unpaired) electrons. The number of aromatic carboxylic acids is 1. The molecular formula is C8H8ClNO5. The zero-order chi connectivity index (χ0) is 10.7. The van der Waals surface area contributed by atoms with Gasteiger partial charge < -0.3 is 9.84 Å². The van der Waals surface area contributed by atoms with Crippen LogP contribution in [0.15, 0.2) is 18.2 Å². The van der Waals surface area contributed by atoms with Crippen LogP contribution in [0.4, 0.5) is 5.69 Å². The van der Waals surface area contributed by atoms with E-state index in [-0.39, 0.29) is 23.7 Å². The lowest BCUT2D eigenvalue weighted by atomic mass is 10.2. The number of carboxylic acids is 1. The Morgan fingerprint density at radius 2 is 2.13 bits per heavy atom. The molecular weight excluding hydrogens is 226 g/mol. The third kappa shape index (κ3) is 2.81. The van der Waals surface area contributed by atoms with E-state index in [9.17, 15) is 14.9 Å². The topological polar surface area (TPSA) is 89.7 Å². The second-order valence-electron chi connectivity index (χ2n) is 2.45. The summed E-state index contributed by atoms with van der Waals surface area (Å²) in [5, 5.41) is 19.1. The van der Waals surface area contributed by atoms with Crippen LogP contribution in [-0.2, 0) is 0 Å². The first-order valence-electron chi connectivity index (χ1n) is 3.62. The van der Waals surface area contributed by atoms with E-state index in [1.807, 2.05) is 0 Å². The molecule has 0 fully saturated rings. The maximum Gasteiger partial charge on any atom is 0.342 e. The maximum absolute atomic E-state index is 10.6. The van der Waals surface area contributed by atoms with Gasteiger partial charge in [-0.2, -0.15) is 0 Å². The minimum absolute atomic E-state index is 0. The molecule has 0 atom stereocenters. The Balaban J connectivity index is 0.00000196. The number of carbonyl (C=O) groups is 1. The number of nitro groups is 1. The number of ether oxygens (including phenoxy) is 1. The predicted octanol–water partition coefficient (Wildman–Crippen LogP) is 1.72. The molecule has 15 heavy (non-hydrogen) atoms. The Morgan fingerprint density at radius 3 is 2.53 bits per heavy atom. The highest BCUT2D eigenvalue weighted by molar-refractivity contribution is 5.92. The second-order valence-corrected chi connectivity index (χ2v) is 2.45. The van der Waals surface area contributed by atoms with Gasteiger partial charge in [-0.25, -0.2) is 4.79 Å². The summed E-state index contributed by atoms with van der Waals surface area (Å²) < 4.78 is 4.74. The molecule has 82 valence electrons. The van der Waals surface area contributed by atoms with E-state index >= 15 is 0 Å². The van der Waals surface area contributed by atoms with E-state index in [0.717, 1.165) is 12.1 Å². The highest BCUT2D eigenvalue weighted by Crippen LogP contribution is 2.24. The Bertz CT molecular complexity index is 393. The number of carboxylic acid groups (broad SMARTS) is 1. The third-order valence-electron chi connectivity index (χ3n) is 1.63. The minimum atomic E-state index is -1.33. The Kier molecular flexibility index (Phi) is 4.53. The van der Waals surface area contributed by atoms with Gasteiger partial charge in [0, 0.05) is 0 Å². The average Bonchev–Trinajstić information content (AvgIpc) is 2.16. The smallest absolute Gasteiger partial charge is 0.342 e. The van der Waals surface area contributed by atoms with Crippen LogP contribution in [0, 0.1) is 10.1 Å². The second kappa shape index (κ2) is 5.16. The van der Waals surface area contributed by atoms with Crippen molar-refractivity contribution < 1.29 is 19.6 Å². The molecule has 0 heterocycles. The summed E-state index contributed by atoms with van der Waals surface area (Å²) in [5.41, 5.74) is -0.826. The Morgan fingerprint density at radius 1 is 1.53 bits per heavy atom. The first-order chi connectivity index (χ1) is 6.56. The average molecular weight is 234 g/mol. The van der Waals surface area contributed by atoms with Gasteiger partial charge in [0.1, 0.15) is 11.3 Å². The Hall–Kier alpha value is -1.82. The lowest BCUT2D eigenvalue weighted by Crippen LogP contribution is -2.02. The van der Waals surface area contributed by atoms with E-state index in [2.05, 4.69) is 0 Å². The number of rotatable bonds is 3. The molecule has 0 aliphatic carbocycles. The van der Waals surface area contributed by atoms with Crippen molar-refractivity contribution in [1.29, 1.82) is 0 Å². The van der Waals surface area contributed by atoms with Gasteiger partial charge in [-0.05, 0) is 12.1 Å². The van der Waals surface area contributed by atoms with Crippen molar-refractivity contribution in [3.63, 3.8) is 0 Å². The summed E-state index contributed by atoms with van der Waals surface area (Å²) in [4.78, 5) is 20.3. The maximum atomic E-state index is 10.6. The summed E-state index contributed by atoms with van der Waals surface area (Å²) in [6.07, 6.45) is 0. The largest absolute Gasteiger partial charge is 0.497 e. The normalized spacial score (nSPS) is 8.87.